The summed E-state index contributed by atoms with van der Waals surface area (Å²) in [6.45, 7) is 0.831. The molecule has 1 aromatic heterocycles. The number of nitrogens with zero attached hydrogens (tertiary/aromatic N) is 2. The molecule has 0 bridgehead atoms. The van der Waals surface area contributed by atoms with Crippen LogP contribution in [0.1, 0.15) is 27.0 Å². The van der Waals surface area contributed by atoms with Crippen LogP contribution in [0.4, 0.5) is 0 Å². The molecule has 1 N–H and O–H groups in total. The van der Waals surface area contributed by atoms with Crippen LogP contribution in [-0.4, -0.2) is 17.1 Å². The van der Waals surface area contributed by atoms with Crippen LogP contribution >= 0.6 is 0 Å². The molecule has 0 fully saturated rings. The van der Waals surface area contributed by atoms with Crippen molar-refractivity contribution in [2.75, 3.05) is 0 Å². The average molecular weight is 437 g/mol. The van der Waals surface area contributed by atoms with Gasteiger partial charge in [-0.05, 0) is 47.0 Å². The second kappa shape index (κ2) is 11.2. The number of ether oxygens (including phenoxy) is 2. The molecule has 0 saturated carbocycles. The molecular formula is C27H23N3O3. The zero-order valence-electron chi connectivity index (χ0n) is 17.9. The van der Waals surface area contributed by atoms with Crippen molar-refractivity contribution >= 4 is 12.1 Å². The van der Waals surface area contributed by atoms with Crippen LogP contribution in [0.2, 0.25) is 0 Å². The quantitative estimate of drug-likeness (QED) is 0.295. The number of pyridine rings is 1. The number of benzene rings is 3. The SMILES string of the molecule is O=C(N/N=C\c1ccc(OCc2ccccc2)c(OCc2ccccc2)c1)c1cccnc1. The Balaban J connectivity index is 1.47. The van der Waals surface area contributed by atoms with Gasteiger partial charge in [0.05, 0.1) is 11.8 Å². The Bertz CT molecular complexity index is 1200. The van der Waals surface area contributed by atoms with Gasteiger partial charge in [0.15, 0.2) is 11.5 Å². The zero-order valence-corrected chi connectivity index (χ0v) is 17.9. The summed E-state index contributed by atoms with van der Waals surface area (Å²) in [6.07, 6.45) is 4.66. The fourth-order valence-corrected chi connectivity index (χ4v) is 3.03. The molecule has 0 atom stereocenters. The number of carbonyl (C=O) groups is 1. The molecule has 1 heterocycles. The van der Waals surface area contributed by atoms with Gasteiger partial charge in [-0.1, -0.05) is 60.7 Å². The number of aromatic nitrogens is 1. The van der Waals surface area contributed by atoms with Crippen molar-refractivity contribution in [3.63, 3.8) is 0 Å². The molecule has 33 heavy (non-hydrogen) atoms. The zero-order chi connectivity index (χ0) is 22.7. The molecule has 0 aliphatic heterocycles. The van der Waals surface area contributed by atoms with Gasteiger partial charge in [0, 0.05) is 12.4 Å². The van der Waals surface area contributed by atoms with Gasteiger partial charge in [-0.2, -0.15) is 5.10 Å². The third-order valence-electron chi connectivity index (χ3n) is 4.75. The van der Waals surface area contributed by atoms with Gasteiger partial charge < -0.3 is 9.47 Å². The second-order valence-corrected chi connectivity index (χ2v) is 7.20. The van der Waals surface area contributed by atoms with Crippen LogP contribution in [0.15, 0.2) is 108 Å². The minimum Gasteiger partial charge on any atom is -0.485 e. The molecule has 1 amide bonds. The Hall–Kier alpha value is -4.45. The fraction of sp³-hybridized carbons (Fsp3) is 0.0741. The highest BCUT2D eigenvalue weighted by molar-refractivity contribution is 5.94. The number of nitrogens with one attached hydrogen (secondary N) is 1. The van der Waals surface area contributed by atoms with E-state index in [9.17, 15) is 4.79 Å². The molecule has 0 aliphatic carbocycles. The van der Waals surface area contributed by atoms with Crippen molar-refractivity contribution in [3.8, 4) is 11.5 Å². The lowest BCUT2D eigenvalue weighted by atomic mass is 10.2. The van der Waals surface area contributed by atoms with Crippen molar-refractivity contribution in [1.29, 1.82) is 0 Å². The Morgan fingerprint density at radius 3 is 2.12 bits per heavy atom. The predicted molar refractivity (Wildman–Crippen MR) is 127 cm³/mol. The van der Waals surface area contributed by atoms with Gasteiger partial charge in [-0.3, -0.25) is 9.78 Å². The molecule has 0 spiro atoms. The summed E-state index contributed by atoms with van der Waals surface area (Å²) in [5.41, 5.74) is 5.82. The molecule has 3 aromatic carbocycles. The maximum atomic E-state index is 12.1. The largest absolute Gasteiger partial charge is 0.485 e. The van der Waals surface area contributed by atoms with Gasteiger partial charge in [0.2, 0.25) is 0 Å². The van der Waals surface area contributed by atoms with E-state index in [1.807, 2.05) is 78.9 Å². The van der Waals surface area contributed by atoms with Gasteiger partial charge in [-0.15, -0.1) is 0 Å². The number of amides is 1. The standard InChI is InChI=1S/C27H23N3O3/c31-27(24-12-7-15-28-18-24)30-29-17-23-13-14-25(32-19-21-8-3-1-4-9-21)26(16-23)33-20-22-10-5-2-6-11-22/h1-18H,19-20H2,(H,30,31)/b29-17-. The summed E-state index contributed by atoms with van der Waals surface area (Å²) in [4.78, 5) is 16.1. The fourth-order valence-electron chi connectivity index (χ4n) is 3.03. The predicted octanol–water partition coefficient (Wildman–Crippen LogP) is 5.00. The molecule has 0 unspecified atom stereocenters. The van der Waals surface area contributed by atoms with Crippen LogP contribution in [0.5, 0.6) is 11.5 Å². The van der Waals surface area contributed by atoms with Crippen LogP contribution in [0.3, 0.4) is 0 Å². The Labute approximate surface area is 192 Å². The molecule has 0 saturated heterocycles. The lowest BCUT2D eigenvalue weighted by Crippen LogP contribution is -2.17. The van der Waals surface area contributed by atoms with Crippen molar-refractivity contribution in [2.45, 2.75) is 13.2 Å². The van der Waals surface area contributed by atoms with Gasteiger partial charge in [0.1, 0.15) is 13.2 Å². The lowest BCUT2D eigenvalue weighted by molar-refractivity contribution is 0.0955. The monoisotopic (exact) mass is 437 g/mol. The van der Waals surface area contributed by atoms with Crippen LogP contribution in [0, 0.1) is 0 Å². The smallest absolute Gasteiger partial charge is 0.272 e. The van der Waals surface area contributed by atoms with Gasteiger partial charge >= 0.3 is 0 Å². The van der Waals surface area contributed by atoms with E-state index in [-0.39, 0.29) is 5.91 Å². The molecule has 6 heteroatoms. The number of hydrazone groups is 1. The van der Waals surface area contributed by atoms with Crippen LogP contribution in [0.25, 0.3) is 0 Å². The molecule has 4 aromatic rings. The molecule has 4 rings (SSSR count). The summed E-state index contributed by atoms with van der Waals surface area (Å²) in [5.74, 6) is 0.895. The maximum absolute atomic E-state index is 12.1. The third-order valence-corrected chi connectivity index (χ3v) is 4.75. The summed E-state index contributed by atoms with van der Waals surface area (Å²) < 4.78 is 12.1. The molecule has 0 aliphatic rings. The average Bonchev–Trinajstić information content (AvgIpc) is 2.88. The highest BCUT2D eigenvalue weighted by Crippen LogP contribution is 2.29. The molecule has 6 nitrogen and oxygen atoms in total. The Kier molecular flexibility index (Phi) is 7.42. The van der Waals surface area contributed by atoms with Crippen molar-refractivity contribution < 1.29 is 14.3 Å². The summed E-state index contributed by atoms with van der Waals surface area (Å²) in [6, 6.07) is 28.8. The van der Waals surface area contributed by atoms with Gasteiger partial charge in [0.25, 0.3) is 5.91 Å². The normalized spacial score (nSPS) is 10.7. The first-order valence-electron chi connectivity index (χ1n) is 10.5. The highest BCUT2D eigenvalue weighted by atomic mass is 16.5. The van der Waals surface area contributed by atoms with E-state index >= 15 is 0 Å². The number of carbonyl (C=O) groups excluding carboxylic acids is 1. The number of hydrogen-bond donors (Lipinski definition) is 1. The summed E-state index contributed by atoms with van der Waals surface area (Å²) >= 11 is 0. The number of hydrogen-bond acceptors (Lipinski definition) is 5. The molecular weight excluding hydrogens is 414 g/mol. The summed E-state index contributed by atoms with van der Waals surface area (Å²) in [7, 11) is 0. The second-order valence-electron chi connectivity index (χ2n) is 7.20. The van der Waals surface area contributed by atoms with Crippen molar-refractivity contribution in [3.05, 3.63) is 126 Å². The van der Waals surface area contributed by atoms with Crippen LogP contribution < -0.4 is 14.9 Å². The van der Waals surface area contributed by atoms with E-state index in [2.05, 4.69) is 15.5 Å². The minimum atomic E-state index is -0.331. The van der Waals surface area contributed by atoms with Crippen molar-refractivity contribution in [2.24, 2.45) is 5.10 Å². The molecule has 0 radical (unpaired) electrons. The Morgan fingerprint density at radius 1 is 0.818 bits per heavy atom. The highest BCUT2D eigenvalue weighted by Gasteiger charge is 2.08. The van der Waals surface area contributed by atoms with E-state index in [0.717, 1.165) is 16.7 Å². The van der Waals surface area contributed by atoms with E-state index < -0.39 is 0 Å². The third kappa shape index (κ3) is 6.51. The first-order valence-corrected chi connectivity index (χ1v) is 10.5. The first-order chi connectivity index (χ1) is 16.3. The lowest BCUT2D eigenvalue weighted by Gasteiger charge is -2.14. The topological polar surface area (TPSA) is 72.8 Å². The van der Waals surface area contributed by atoms with E-state index in [1.54, 1.807) is 24.5 Å². The first kappa shape index (κ1) is 21.8. The van der Waals surface area contributed by atoms with E-state index in [4.69, 9.17) is 9.47 Å². The van der Waals surface area contributed by atoms with E-state index in [0.29, 0.717) is 30.3 Å². The maximum Gasteiger partial charge on any atom is 0.272 e. The Morgan fingerprint density at radius 2 is 1.48 bits per heavy atom. The van der Waals surface area contributed by atoms with Crippen molar-refractivity contribution in [1.82, 2.24) is 10.4 Å². The van der Waals surface area contributed by atoms with E-state index in [1.165, 1.54) is 6.20 Å². The minimum absolute atomic E-state index is 0.331. The molecule has 164 valence electrons. The summed E-state index contributed by atoms with van der Waals surface area (Å²) in [5, 5.41) is 4.05. The van der Waals surface area contributed by atoms with Crippen LogP contribution in [-0.2, 0) is 13.2 Å². The number of rotatable bonds is 9. The van der Waals surface area contributed by atoms with Gasteiger partial charge in [-0.25, -0.2) is 5.43 Å².